The van der Waals surface area contributed by atoms with Crippen LogP contribution in [0, 0.1) is 11.3 Å². The number of carbonyl (C=O) groups excluding carboxylic acids is 1. The average Bonchev–Trinajstić information content (AvgIpc) is 2.53. The first-order chi connectivity index (χ1) is 10.1. The molecule has 4 nitrogen and oxygen atoms in total. The smallest absolute Gasteiger partial charge is 0.182 e. The largest absolute Gasteiger partial charge is 0.379 e. The molecule has 5 heteroatoms. The number of Topliss-reactive ketones (excluding diaryl/α,β-unsaturated/α-hetero) is 1. The number of morpholine rings is 1. The molecule has 2 rings (SSSR count). The normalized spacial score (nSPS) is 16.4. The number of ketones is 1. The molecule has 0 spiro atoms. The minimum Gasteiger partial charge on any atom is -0.379 e. The number of hydrogen-bond acceptors (Lipinski definition) is 5. The lowest BCUT2D eigenvalue weighted by Gasteiger charge is -2.39. The first-order valence-corrected chi connectivity index (χ1v) is 8.01. The molecule has 1 heterocycles. The molecule has 0 amide bonds. The van der Waals surface area contributed by atoms with Gasteiger partial charge in [0.1, 0.15) is 0 Å². The fourth-order valence-electron chi connectivity index (χ4n) is 2.44. The van der Waals surface area contributed by atoms with E-state index in [1.165, 1.54) is 11.8 Å². The van der Waals surface area contributed by atoms with Crippen LogP contribution < -0.4 is 0 Å². The van der Waals surface area contributed by atoms with E-state index in [1.807, 2.05) is 38.1 Å². The van der Waals surface area contributed by atoms with E-state index in [0.717, 1.165) is 18.0 Å². The Morgan fingerprint density at radius 2 is 1.95 bits per heavy atom. The van der Waals surface area contributed by atoms with Gasteiger partial charge in [-0.15, -0.1) is 11.8 Å². The van der Waals surface area contributed by atoms with Crippen LogP contribution in [0.1, 0.15) is 24.2 Å². The molecule has 1 fully saturated rings. The maximum absolute atomic E-state index is 12.7. The van der Waals surface area contributed by atoms with Crippen LogP contribution >= 0.6 is 11.8 Å². The Morgan fingerprint density at radius 1 is 1.33 bits per heavy atom. The molecule has 112 valence electrons. The predicted octanol–water partition coefficient (Wildman–Crippen LogP) is 2.60. The standard InChI is InChI=1S/C16H20N2O2S/c1-16(2,18-8-10-20-11-9-18)15(19)13-3-5-14(6-4-13)21-12-7-17/h3-6H,8-12H2,1-2H3. The molecule has 0 aliphatic carbocycles. The lowest BCUT2D eigenvalue weighted by molar-refractivity contribution is -0.00430. The molecule has 21 heavy (non-hydrogen) atoms. The lowest BCUT2D eigenvalue weighted by atomic mass is 9.91. The second kappa shape index (κ2) is 7.08. The average molecular weight is 304 g/mol. The van der Waals surface area contributed by atoms with Crippen LogP contribution in [0.2, 0.25) is 0 Å². The van der Waals surface area contributed by atoms with Gasteiger partial charge < -0.3 is 4.74 Å². The van der Waals surface area contributed by atoms with E-state index in [0.29, 0.717) is 24.5 Å². The van der Waals surface area contributed by atoms with Gasteiger partial charge in [0.2, 0.25) is 0 Å². The highest BCUT2D eigenvalue weighted by Gasteiger charge is 2.35. The molecule has 0 N–H and O–H groups in total. The molecule has 1 aromatic rings. The zero-order valence-corrected chi connectivity index (χ0v) is 13.3. The highest BCUT2D eigenvalue weighted by atomic mass is 32.2. The van der Waals surface area contributed by atoms with Gasteiger partial charge in [-0.1, -0.05) is 12.1 Å². The van der Waals surface area contributed by atoms with Crippen molar-refractivity contribution in [3.63, 3.8) is 0 Å². The van der Waals surface area contributed by atoms with Gasteiger partial charge in [-0.2, -0.15) is 5.26 Å². The maximum atomic E-state index is 12.7. The third-order valence-corrected chi connectivity index (χ3v) is 4.66. The summed E-state index contributed by atoms with van der Waals surface area (Å²) in [4.78, 5) is 15.9. The van der Waals surface area contributed by atoms with E-state index < -0.39 is 5.54 Å². The van der Waals surface area contributed by atoms with Crippen LogP contribution in [0.5, 0.6) is 0 Å². The van der Waals surface area contributed by atoms with E-state index in [1.54, 1.807) is 0 Å². The second-order valence-corrected chi connectivity index (χ2v) is 6.51. The molecule has 1 aliphatic rings. The summed E-state index contributed by atoms with van der Waals surface area (Å²) in [5.41, 5.74) is 0.193. The summed E-state index contributed by atoms with van der Waals surface area (Å²) in [6, 6.07) is 9.62. The van der Waals surface area contributed by atoms with Crippen molar-refractivity contribution >= 4 is 17.5 Å². The van der Waals surface area contributed by atoms with Crippen LogP contribution in [0.15, 0.2) is 29.2 Å². The summed E-state index contributed by atoms with van der Waals surface area (Å²) in [5.74, 6) is 0.549. The van der Waals surface area contributed by atoms with Crippen molar-refractivity contribution in [1.29, 1.82) is 5.26 Å². The van der Waals surface area contributed by atoms with Gasteiger partial charge in [-0.05, 0) is 26.0 Å². The Labute approximate surface area is 130 Å². The number of nitriles is 1. The quantitative estimate of drug-likeness (QED) is 0.618. The SMILES string of the molecule is CC(C)(C(=O)c1ccc(SCC#N)cc1)N1CCOCC1. The Morgan fingerprint density at radius 3 is 2.52 bits per heavy atom. The summed E-state index contributed by atoms with van der Waals surface area (Å²) >= 11 is 1.48. The highest BCUT2D eigenvalue weighted by Crippen LogP contribution is 2.24. The molecule has 0 unspecified atom stereocenters. The third kappa shape index (κ3) is 3.85. The molecule has 1 saturated heterocycles. The summed E-state index contributed by atoms with van der Waals surface area (Å²) in [5, 5.41) is 8.58. The van der Waals surface area contributed by atoms with Crippen molar-refractivity contribution in [2.45, 2.75) is 24.3 Å². The molecular weight excluding hydrogens is 284 g/mol. The Kier molecular flexibility index (Phi) is 5.40. The van der Waals surface area contributed by atoms with Crippen LogP contribution in [0.3, 0.4) is 0 Å². The highest BCUT2D eigenvalue weighted by molar-refractivity contribution is 7.99. The van der Waals surface area contributed by atoms with Gasteiger partial charge in [-0.25, -0.2) is 0 Å². The van der Waals surface area contributed by atoms with Gasteiger partial charge >= 0.3 is 0 Å². The van der Waals surface area contributed by atoms with Crippen LogP contribution in [-0.2, 0) is 4.74 Å². The molecule has 1 aromatic carbocycles. The number of nitrogens with zero attached hydrogens (tertiary/aromatic N) is 2. The van der Waals surface area contributed by atoms with E-state index in [9.17, 15) is 4.79 Å². The minimum absolute atomic E-state index is 0.126. The first-order valence-electron chi connectivity index (χ1n) is 7.03. The molecule has 0 atom stereocenters. The number of hydrogen-bond donors (Lipinski definition) is 0. The monoisotopic (exact) mass is 304 g/mol. The third-order valence-electron chi connectivity index (χ3n) is 3.78. The van der Waals surface area contributed by atoms with E-state index in [-0.39, 0.29) is 5.78 Å². The van der Waals surface area contributed by atoms with E-state index >= 15 is 0 Å². The van der Waals surface area contributed by atoms with Gasteiger partial charge in [0.15, 0.2) is 5.78 Å². The van der Waals surface area contributed by atoms with Crippen molar-refractivity contribution in [2.75, 3.05) is 32.1 Å². The number of thioether (sulfide) groups is 1. The fraction of sp³-hybridized carbons (Fsp3) is 0.500. The number of carbonyl (C=O) groups is 1. The lowest BCUT2D eigenvalue weighted by Crippen LogP contribution is -2.54. The maximum Gasteiger partial charge on any atom is 0.182 e. The first kappa shape index (κ1) is 16.0. The van der Waals surface area contributed by atoms with Crippen LogP contribution in [0.4, 0.5) is 0 Å². The van der Waals surface area contributed by atoms with E-state index in [2.05, 4.69) is 11.0 Å². The molecule has 0 bridgehead atoms. The van der Waals surface area contributed by atoms with Crippen molar-refractivity contribution in [3.8, 4) is 6.07 Å². The molecule has 0 radical (unpaired) electrons. The van der Waals surface area contributed by atoms with Gasteiger partial charge in [0.05, 0.1) is 30.6 Å². The van der Waals surface area contributed by atoms with Gasteiger partial charge in [0, 0.05) is 23.5 Å². The zero-order valence-electron chi connectivity index (χ0n) is 12.5. The van der Waals surface area contributed by atoms with Gasteiger partial charge in [-0.3, -0.25) is 9.69 Å². The molecule has 0 aromatic heterocycles. The zero-order chi connectivity index (χ0) is 15.3. The summed E-state index contributed by atoms with van der Waals surface area (Å²) < 4.78 is 5.35. The Hall–Kier alpha value is -1.35. The molecular formula is C16H20N2O2S. The summed E-state index contributed by atoms with van der Waals surface area (Å²) in [6.45, 7) is 6.88. The predicted molar refractivity (Wildman–Crippen MR) is 83.6 cm³/mol. The summed E-state index contributed by atoms with van der Waals surface area (Å²) in [6.07, 6.45) is 0. The van der Waals surface area contributed by atoms with Crippen molar-refractivity contribution < 1.29 is 9.53 Å². The fourth-order valence-corrected chi connectivity index (χ4v) is 3.00. The Balaban J connectivity index is 2.09. The second-order valence-electron chi connectivity index (χ2n) is 5.46. The number of rotatable bonds is 5. The Bertz CT molecular complexity index is 528. The summed E-state index contributed by atoms with van der Waals surface area (Å²) in [7, 11) is 0. The van der Waals surface area contributed by atoms with Crippen LogP contribution in [-0.4, -0.2) is 48.3 Å². The van der Waals surface area contributed by atoms with Crippen molar-refractivity contribution in [3.05, 3.63) is 29.8 Å². The van der Waals surface area contributed by atoms with Crippen molar-refractivity contribution in [2.24, 2.45) is 0 Å². The molecule has 1 aliphatic heterocycles. The minimum atomic E-state index is -0.523. The molecule has 0 saturated carbocycles. The van der Waals surface area contributed by atoms with Crippen LogP contribution in [0.25, 0.3) is 0 Å². The van der Waals surface area contributed by atoms with Crippen molar-refractivity contribution in [1.82, 2.24) is 4.90 Å². The van der Waals surface area contributed by atoms with Gasteiger partial charge in [0.25, 0.3) is 0 Å². The van der Waals surface area contributed by atoms with E-state index in [4.69, 9.17) is 10.00 Å². The number of benzene rings is 1. The topological polar surface area (TPSA) is 53.3 Å². The number of ether oxygens (including phenoxy) is 1.